The molecule has 2 saturated heterocycles. The molecule has 5 rings (SSSR count). The van der Waals surface area contributed by atoms with Crippen molar-refractivity contribution in [2.24, 2.45) is 7.05 Å². The molecule has 2 N–H and O–H groups in total. The van der Waals surface area contributed by atoms with Crippen LogP contribution in [0.1, 0.15) is 31.5 Å². The first kappa shape index (κ1) is 17.5. The summed E-state index contributed by atoms with van der Waals surface area (Å²) in [7, 11) is 1.91. The highest BCUT2D eigenvalue weighted by molar-refractivity contribution is 5.92. The van der Waals surface area contributed by atoms with Crippen LogP contribution in [0, 0.1) is 0 Å². The third-order valence-corrected chi connectivity index (χ3v) is 6.14. The van der Waals surface area contributed by atoms with Crippen molar-refractivity contribution in [3.63, 3.8) is 0 Å². The molecule has 2 fully saturated rings. The van der Waals surface area contributed by atoms with E-state index in [0.717, 1.165) is 12.8 Å². The Labute approximate surface area is 163 Å². The quantitative estimate of drug-likeness (QED) is 0.833. The number of aryl methyl sites for hydroxylation is 1. The lowest BCUT2D eigenvalue weighted by Crippen LogP contribution is -2.52. The van der Waals surface area contributed by atoms with Crippen molar-refractivity contribution in [3.8, 4) is 11.5 Å². The van der Waals surface area contributed by atoms with Crippen LogP contribution >= 0.6 is 0 Å². The molecule has 28 heavy (non-hydrogen) atoms. The molecule has 1 aromatic carbocycles. The number of aromatic nitrogens is 2. The van der Waals surface area contributed by atoms with E-state index >= 15 is 0 Å². The lowest BCUT2D eigenvalue weighted by atomic mass is 9.85. The second-order valence-corrected chi connectivity index (χ2v) is 7.98. The van der Waals surface area contributed by atoms with Crippen LogP contribution in [-0.4, -0.2) is 50.9 Å². The van der Waals surface area contributed by atoms with E-state index in [1.807, 2.05) is 23.9 Å². The Bertz CT molecular complexity index is 897. The van der Waals surface area contributed by atoms with Gasteiger partial charge in [0, 0.05) is 43.3 Å². The van der Waals surface area contributed by atoms with Crippen LogP contribution in [-0.2, 0) is 17.4 Å². The summed E-state index contributed by atoms with van der Waals surface area (Å²) in [5, 5.41) is 14.2. The molecule has 2 aromatic rings. The maximum absolute atomic E-state index is 12.6. The van der Waals surface area contributed by atoms with Crippen molar-refractivity contribution in [2.45, 2.75) is 43.4 Å². The van der Waals surface area contributed by atoms with Crippen molar-refractivity contribution in [1.82, 2.24) is 14.5 Å². The Hall–Kier alpha value is -2.58. The maximum atomic E-state index is 12.6. The minimum atomic E-state index is -0.922. The average Bonchev–Trinajstić information content (AvgIpc) is 3.35. The number of rotatable bonds is 4. The van der Waals surface area contributed by atoms with Gasteiger partial charge in [-0.2, -0.15) is 0 Å². The maximum Gasteiger partial charge on any atom is 0.238 e. The van der Waals surface area contributed by atoms with E-state index in [1.165, 1.54) is 0 Å². The molecule has 3 aliphatic heterocycles. The third kappa shape index (κ3) is 2.93. The summed E-state index contributed by atoms with van der Waals surface area (Å²) in [4.78, 5) is 19.2. The van der Waals surface area contributed by atoms with Gasteiger partial charge >= 0.3 is 0 Å². The first-order valence-corrected chi connectivity index (χ1v) is 9.67. The highest BCUT2D eigenvalue weighted by Gasteiger charge is 2.50. The van der Waals surface area contributed by atoms with Crippen LogP contribution in [0.4, 0.5) is 5.69 Å². The molecule has 4 heterocycles. The molecule has 2 unspecified atom stereocenters. The molecule has 8 heteroatoms. The van der Waals surface area contributed by atoms with Gasteiger partial charge in [0.15, 0.2) is 11.5 Å². The van der Waals surface area contributed by atoms with Crippen LogP contribution in [0.25, 0.3) is 0 Å². The second-order valence-electron chi connectivity index (χ2n) is 7.98. The SMILES string of the molecule is Cn1ccnc1C1(O)CC2CCC(C1)N2CC(=O)Nc1ccc2c(c1)OCO2. The van der Waals surface area contributed by atoms with Gasteiger partial charge in [0.2, 0.25) is 12.7 Å². The molecular weight excluding hydrogens is 360 g/mol. The molecule has 8 nitrogen and oxygen atoms in total. The molecule has 2 bridgehead atoms. The normalized spacial score (nSPS) is 28.5. The molecule has 2 atom stereocenters. The van der Waals surface area contributed by atoms with Crippen molar-refractivity contribution in [2.75, 3.05) is 18.7 Å². The predicted molar refractivity (Wildman–Crippen MR) is 101 cm³/mol. The van der Waals surface area contributed by atoms with Gasteiger partial charge in [-0.1, -0.05) is 0 Å². The number of ether oxygens (including phenoxy) is 2. The van der Waals surface area contributed by atoms with E-state index in [1.54, 1.807) is 18.3 Å². The zero-order chi connectivity index (χ0) is 19.3. The summed E-state index contributed by atoms with van der Waals surface area (Å²) < 4.78 is 12.6. The fraction of sp³-hybridized carbons (Fsp3) is 0.500. The van der Waals surface area contributed by atoms with Crippen LogP contribution in [0.15, 0.2) is 30.6 Å². The number of hydrogen-bond donors (Lipinski definition) is 2. The predicted octanol–water partition coefficient (Wildman–Crippen LogP) is 1.60. The second kappa shape index (κ2) is 6.49. The number of piperidine rings is 1. The lowest BCUT2D eigenvalue weighted by molar-refractivity contribution is -0.121. The van der Waals surface area contributed by atoms with Crippen molar-refractivity contribution >= 4 is 11.6 Å². The van der Waals surface area contributed by atoms with E-state index in [9.17, 15) is 9.90 Å². The number of imidazole rings is 1. The minimum Gasteiger partial charge on any atom is -0.454 e. The largest absolute Gasteiger partial charge is 0.454 e. The first-order valence-electron chi connectivity index (χ1n) is 9.67. The molecule has 3 aliphatic rings. The fourth-order valence-electron chi connectivity index (χ4n) is 4.91. The highest BCUT2D eigenvalue weighted by atomic mass is 16.7. The molecule has 0 saturated carbocycles. The summed E-state index contributed by atoms with van der Waals surface area (Å²) in [6.07, 6.45) is 6.78. The van der Waals surface area contributed by atoms with E-state index in [0.29, 0.717) is 42.4 Å². The number of fused-ring (bicyclic) bond motifs is 3. The van der Waals surface area contributed by atoms with Crippen molar-refractivity contribution in [3.05, 3.63) is 36.4 Å². The van der Waals surface area contributed by atoms with E-state index in [-0.39, 0.29) is 24.8 Å². The number of nitrogens with zero attached hydrogens (tertiary/aromatic N) is 3. The number of carbonyl (C=O) groups is 1. The van der Waals surface area contributed by atoms with Gasteiger partial charge in [0.05, 0.1) is 6.54 Å². The van der Waals surface area contributed by atoms with Crippen LogP contribution in [0.3, 0.4) is 0 Å². The van der Waals surface area contributed by atoms with Gasteiger partial charge in [0.1, 0.15) is 11.4 Å². The number of carbonyl (C=O) groups excluding carboxylic acids is 1. The number of aliphatic hydroxyl groups is 1. The van der Waals surface area contributed by atoms with Crippen molar-refractivity contribution < 1.29 is 19.4 Å². The lowest BCUT2D eigenvalue weighted by Gasteiger charge is -2.43. The molecular formula is C20H24N4O4. The first-order chi connectivity index (χ1) is 13.5. The molecule has 0 aliphatic carbocycles. The molecule has 0 radical (unpaired) electrons. The Balaban J connectivity index is 1.26. The van der Waals surface area contributed by atoms with Gasteiger partial charge in [-0.15, -0.1) is 0 Å². The standard InChI is InChI=1S/C20H24N4O4/c1-23-7-6-21-19(23)20(26)9-14-3-4-15(10-20)24(14)11-18(25)22-13-2-5-16-17(8-13)28-12-27-16/h2,5-8,14-15,26H,3-4,9-12H2,1H3,(H,22,25). The van der Waals surface area contributed by atoms with E-state index in [2.05, 4.69) is 15.2 Å². The average molecular weight is 384 g/mol. The number of nitrogens with one attached hydrogen (secondary N) is 1. The number of anilines is 1. The van der Waals surface area contributed by atoms with Gasteiger partial charge in [-0.05, 0) is 37.8 Å². The Morgan fingerprint density at radius 2 is 2.04 bits per heavy atom. The Kier molecular flexibility index (Phi) is 4.06. The number of amides is 1. The fourth-order valence-corrected chi connectivity index (χ4v) is 4.91. The minimum absolute atomic E-state index is 0.0572. The monoisotopic (exact) mass is 384 g/mol. The van der Waals surface area contributed by atoms with E-state index < -0.39 is 5.60 Å². The van der Waals surface area contributed by atoms with Gasteiger partial charge in [-0.3, -0.25) is 9.69 Å². The summed E-state index contributed by atoms with van der Waals surface area (Å²) in [6, 6.07) is 5.77. The molecule has 1 aromatic heterocycles. The molecule has 0 spiro atoms. The number of benzene rings is 1. The van der Waals surface area contributed by atoms with Gasteiger partial charge in [0.25, 0.3) is 0 Å². The zero-order valence-corrected chi connectivity index (χ0v) is 15.8. The van der Waals surface area contributed by atoms with Crippen LogP contribution < -0.4 is 14.8 Å². The van der Waals surface area contributed by atoms with E-state index in [4.69, 9.17) is 9.47 Å². The van der Waals surface area contributed by atoms with Crippen LogP contribution in [0.2, 0.25) is 0 Å². The molecule has 148 valence electrons. The summed E-state index contributed by atoms with van der Waals surface area (Å²) in [5.41, 5.74) is -0.225. The molecule has 1 amide bonds. The Morgan fingerprint density at radius 1 is 1.29 bits per heavy atom. The summed E-state index contributed by atoms with van der Waals surface area (Å²) in [6.45, 7) is 0.531. The topological polar surface area (TPSA) is 88.9 Å². The van der Waals surface area contributed by atoms with Crippen molar-refractivity contribution in [1.29, 1.82) is 0 Å². The number of hydrogen-bond acceptors (Lipinski definition) is 6. The van der Waals surface area contributed by atoms with Crippen LogP contribution in [0.5, 0.6) is 11.5 Å². The Morgan fingerprint density at radius 3 is 2.75 bits per heavy atom. The highest BCUT2D eigenvalue weighted by Crippen LogP contribution is 2.45. The third-order valence-electron chi connectivity index (χ3n) is 6.14. The van der Waals surface area contributed by atoms with Gasteiger partial charge in [-0.25, -0.2) is 4.98 Å². The summed E-state index contributed by atoms with van der Waals surface area (Å²) >= 11 is 0. The zero-order valence-electron chi connectivity index (χ0n) is 15.8. The summed E-state index contributed by atoms with van der Waals surface area (Å²) in [5.74, 6) is 2.00. The smallest absolute Gasteiger partial charge is 0.238 e. The van der Waals surface area contributed by atoms with Gasteiger partial charge < -0.3 is 24.5 Å².